The monoisotopic (exact) mass is 562 g/mol. The summed E-state index contributed by atoms with van der Waals surface area (Å²) in [5, 5.41) is -0.494. The molecule has 1 aliphatic heterocycles. The van der Waals surface area contributed by atoms with Crippen LogP contribution in [-0.2, 0) is 14.8 Å². The molecule has 0 spiro atoms. The van der Waals surface area contributed by atoms with Crippen molar-refractivity contribution < 1.29 is 22.4 Å². The van der Waals surface area contributed by atoms with E-state index in [0.717, 1.165) is 16.7 Å². The minimum Gasteiger partial charge on any atom is -0.268 e. The summed E-state index contributed by atoms with van der Waals surface area (Å²) in [7, 11) is -3.84. The smallest absolute Gasteiger partial charge is 0.268 e. The molecule has 1 saturated heterocycles. The molecule has 1 N–H and O–H groups in total. The van der Waals surface area contributed by atoms with Gasteiger partial charge in [-0.15, -0.1) is 0 Å². The first kappa shape index (κ1) is 22.2. The average molecular weight is 564 g/mol. The third-order valence-electron chi connectivity index (χ3n) is 3.85. The number of amides is 2. The number of nitrogens with zero attached hydrogens (tertiary/aromatic N) is 1. The molecule has 0 bridgehead atoms. The zero-order valence-electron chi connectivity index (χ0n) is 14.6. The van der Waals surface area contributed by atoms with Crippen LogP contribution in [0.3, 0.4) is 0 Å². The Morgan fingerprint density at radius 3 is 2.48 bits per heavy atom. The fourth-order valence-corrected chi connectivity index (χ4v) is 5.84. The van der Waals surface area contributed by atoms with E-state index in [1.807, 2.05) is 0 Å². The summed E-state index contributed by atoms with van der Waals surface area (Å²) in [5.74, 6) is -0.924. The second-order valence-corrected chi connectivity index (χ2v) is 10.4. The summed E-state index contributed by atoms with van der Waals surface area (Å²) in [6.07, 6.45) is 1.49. The maximum Gasteiger partial charge on any atom is 0.293 e. The number of nitrogens with one attached hydrogen (secondary N) is 1. The van der Waals surface area contributed by atoms with E-state index in [2.05, 4.69) is 36.6 Å². The second-order valence-electron chi connectivity index (χ2n) is 5.86. The van der Waals surface area contributed by atoms with Gasteiger partial charge in [0.05, 0.1) is 9.80 Å². The van der Waals surface area contributed by atoms with Crippen molar-refractivity contribution in [2.24, 2.45) is 0 Å². The Labute approximate surface area is 187 Å². The van der Waals surface area contributed by atoms with Gasteiger partial charge in [-0.05, 0) is 69.7 Å². The Balaban J connectivity index is 1.66. The Bertz CT molecular complexity index is 1110. The molecule has 1 heterocycles. The summed E-state index contributed by atoms with van der Waals surface area (Å²) < 4.78 is 41.3. The summed E-state index contributed by atoms with van der Waals surface area (Å²) in [6.45, 7) is -0.251. The van der Waals surface area contributed by atoms with E-state index in [1.54, 1.807) is 12.1 Å². The lowest BCUT2D eigenvalue weighted by Crippen LogP contribution is -2.37. The molecule has 2 aromatic rings. The fraction of sp³-hybridized carbons (Fsp3) is 0.111. The zero-order valence-corrected chi connectivity index (χ0v) is 19.4. The van der Waals surface area contributed by atoms with Crippen molar-refractivity contribution in [3.8, 4) is 0 Å². The molecule has 3 rings (SSSR count). The minimum atomic E-state index is -3.84. The van der Waals surface area contributed by atoms with Crippen molar-refractivity contribution in [1.82, 2.24) is 9.62 Å². The summed E-state index contributed by atoms with van der Waals surface area (Å²) in [4.78, 5) is 25.8. The highest BCUT2D eigenvalue weighted by atomic mass is 79.9. The largest absolute Gasteiger partial charge is 0.293 e. The van der Waals surface area contributed by atoms with Gasteiger partial charge in [0.2, 0.25) is 10.0 Å². The van der Waals surface area contributed by atoms with Gasteiger partial charge in [-0.3, -0.25) is 14.5 Å². The van der Waals surface area contributed by atoms with Gasteiger partial charge in [0.25, 0.3) is 11.1 Å². The average Bonchev–Trinajstić information content (AvgIpc) is 2.92. The molecule has 2 aromatic carbocycles. The predicted octanol–water partition coefficient (Wildman–Crippen LogP) is 4.37. The van der Waals surface area contributed by atoms with E-state index < -0.39 is 27.0 Å². The Morgan fingerprint density at radius 1 is 1.10 bits per heavy atom. The van der Waals surface area contributed by atoms with Crippen molar-refractivity contribution in [3.05, 3.63) is 67.7 Å². The maximum absolute atomic E-state index is 13.0. The highest BCUT2D eigenvalue weighted by Gasteiger charge is 2.35. The number of rotatable bonds is 6. The van der Waals surface area contributed by atoms with Crippen LogP contribution in [0.1, 0.15) is 5.56 Å². The van der Waals surface area contributed by atoms with Crippen LogP contribution >= 0.6 is 43.6 Å². The first-order chi connectivity index (χ1) is 13.7. The first-order valence-corrected chi connectivity index (χ1v) is 12.0. The van der Waals surface area contributed by atoms with E-state index in [1.165, 1.54) is 36.4 Å². The maximum atomic E-state index is 13.0. The second kappa shape index (κ2) is 9.09. The minimum absolute atomic E-state index is 0.0391. The third kappa shape index (κ3) is 5.34. The molecule has 0 aromatic heterocycles. The number of sulfonamides is 1. The van der Waals surface area contributed by atoms with Crippen LogP contribution in [-0.4, -0.2) is 37.6 Å². The van der Waals surface area contributed by atoms with Crippen LogP contribution in [0.25, 0.3) is 6.08 Å². The number of thioether (sulfide) groups is 1. The Morgan fingerprint density at radius 2 is 1.79 bits per heavy atom. The van der Waals surface area contributed by atoms with Gasteiger partial charge in [-0.2, -0.15) is 0 Å². The standard InChI is InChI=1S/C18H13Br2FN2O4S2/c19-12-3-6-14(20)16(10-12)29(26,27)22-7-8-23-17(24)15(28-18(23)25)9-11-1-4-13(21)5-2-11/h1-6,9-10,22H,7-8H2. The number of imide groups is 1. The van der Waals surface area contributed by atoms with Gasteiger partial charge in [0.15, 0.2) is 0 Å². The number of carbonyl (C=O) groups excluding carboxylic acids is 2. The number of halogens is 3. The van der Waals surface area contributed by atoms with Crippen LogP contribution in [0.15, 0.2) is 61.2 Å². The topological polar surface area (TPSA) is 83.6 Å². The van der Waals surface area contributed by atoms with E-state index in [-0.39, 0.29) is 22.9 Å². The molecule has 0 unspecified atom stereocenters. The van der Waals surface area contributed by atoms with Gasteiger partial charge < -0.3 is 0 Å². The van der Waals surface area contributed by atoms with Crippen molar-refractivity contribution >= 4 is 70.9 Å². The fourth-order valence-electron chi connectivity index (χ4n) is 2.46. The highest BCUT2D eigenvalue weighted by Crippen LogP contribution is 2.32. The molecule has 0 saturated carbocycles. The van der Waals surface area contributed by atoms with Crippen LogP contribution in [0.2, 0.25) is 0 Å². The normalized spacial score (nSPS) is 16.1. The van der Waals surface area contributed by atoms with Gasteiger partial charge in [0, 0.05) is 22.0 Å². The van der Waals surface area contributed by atoms with Crippen LogP contribution in [0, 0.1) is 5.82 Å². The van der Waals surface area contributed by atoms with Crippen molar-refractivity contribution in [2.75, 3.05) is 13.1 Å². The molecule has 11 heteroatoms. The molecule has 0 atom stereocenters. The van der Waals surface area contributed by atoms with Crippen molar-refractivity contribution in [3.63, 3.8) is 0 Å². The highest BCUT2D eigenvalue weighted by molar-refractivity contribution is 9.11. The first-order valence-electron chi connectivity index (χ1n) is 8.13. The summed E-state index contributed by atoms with van der Waals surface area (Å²) in [6, 6.07) is 10.2. The van der Waals surface area contributed by atoms with E-state index in [4.69, 9.17) is 0 Å². The van der Waals surface area contributed by atoms with Gasteiger partial charge >= 0.3 is 0 Å². The van der Waals surface area contributed by atoms with E-state index >= 15 is 0 Å². The van der Waals surface area contributed by atoms with Crippen molar-refractivity contribution in [2.45, 2.75) is 4.90 Å². The molecular weight excluding hydrogens is 551 g/mol. The Hall–Kier alpha value is -1.53. The zero-order chi connectivity index (χ0) is 21.2. The molecule has 152 valence electrons. The molecule has 0 aliphatic carbocycles. The van der Waals surface area contributed by atoms with Gasteiger partial charge in [0.1, 0.15) is 5.82 Å². The molecule has 6 nitrogen and oxygen atoms in total. The van der Waals surface area contributed by atoms with Crippen LogP contribution in [0.5, 0.6) is 0 Å². The van der Waals surface area contributed by atoms with Gasteiger partial charge in [-0.25, -0.2) is 17.5 Å². The third-order valence-corrected chi connectivity index (χ3v) is 7.71. The molecule has 0 radical (unpaired) electrons. The Kier molecular flexibility index (Phi) is 6.94. The molecule has 2 amide bonds. The van der Waals surface area contributed by atoms with E-state index in [9.17, 15) is 22.4 Å². The quantitative estimate of drug-likeness (QED) is 0.528. The number of benzene rings is 2. The summed E-state index contributed by atoms with van der Waals surface area (Å²) in [5.41, 5.74) is 0.581. The molecule has 1 fully saturated rings. The lowest BCUT2D eigenvalue weighted by molar-refractivity contribution is -0.122. The van der Waals surface area contributed by atoms with E-state index in [0.29, 0.717) is 14.5 Å². The van der Waals surface area contributed by atoms with Crippen molar-refractivity contribution in [1.29, 1.82) is 0 Å². The predicted molar refractivity (Wildman–Crippen MR) is 116 cm³/mol. The molecular formula is C18H13Br2FN2O4S2. The number of hydrogen-bond donors (Lipinski definition) is 1. The van der Waals surface area contributed by atoms with Crippen LogP contribution < -0.4 is 4.72 Å². The lowest BCUT2D eigenvalue weighted by atomic mass is 10.2. The number of hydrogen-bond acceptors (Lipinski definition) is 5. The SMILES string of the molecule is O=C1SC(=Cc2ccc(F)cc2)C(=O)N1CCNS(=O)(=O)c1cc(Br)ccc1Br. The molecule has 1 aliphatic rings. The number of carbonyl (C=O) groups is 2. The lowest BCUT2D eigenvalue weighted by Gasteiger charge is -2.14. The summed E-state index contributed by atoms with van der Waals surface area (Å²) >= 11 is 7.17. The molecule has 29 heavy (non-hydrogen) atoms. The van der Waals surface area contributed by atoms with Crippen LogP contribution in [0.4, 0.5) is 9.18 Å². The van der Waals surface area contributed by atoms with Gasteiger partial charge in [-0.1, -0.05) is 28.1 Å².